The molecule has 156 valence electrons. The van der Waals surface area contributed by atoms with Crippen LogP contribution in [0.15, 0.2) is 48.5 Å². The van der Waals surface area contributed by atoms with E-state index in [2.05, 4.69) is 60.9 Å². The van der Waals surface area contributed by atoms with Gasteiger partial charge in [0.2, 0.25) is 5.91 Å². The molecule has 1 atom stereocenters. The number of hydrogen-bond acceptors (Lipinski definition) is 3. The van der Waals surface area contributed by atoms with Crippen LogP contribution < -0.4 is 0 Å². The van der Waals surface area contributed by atoms with Crippen LogP contribution in [0, 0.1) is 13.8 Å². The van der Waals surface area contributed by atoms with Gasteiger partial charge in [-0.05, 0) is 43.9 Å². The highest BCUT2D eigenvalue weighted by Crippen LogP contribution is 2.16. The number of amides is 1. The van der Waals surface area contributed by atoms with Gasteiger partial charge in [0.05, 0.1) is 13.2 Å². The van der Waals surface area contributed by atoms with E-state index < -0.39 is 0 Å². The summed E-state index contributed by atoms with van der Waals surface area (Å²) in [6, 6.07) is 17.0. The molecule has 4 heteroatoms. The summed E-state index contributed by atoms with van der Waals surface area (Å²) in [6.07, 6.45) is 1.34. The van der Waals surface area contributed by atoms with Gasteiger partial charge >= 0.3 is 0 Å². The van der Waals surface area contributed by atoms with Crippen LogP contribution in [0.2, 0.25) is 0 Å². The first kappa shape index (κ1) is 21.5. The lowest BCUT2D eigenvalue weighted by atomic mass is 10.0. The number of nitrogens with zero attached hydrogens (tertiary/aromatic N) is 2. The van der Waals surface area contributed by atoms with Crippen molar-refractivity contribution in [3.8, 4) is 0 Å². The van der Waals surface area contributed by atoms with Crippen LogP contribution in [0.4, 0.5) is 0 Å². The Kier molecular flexibility index (Phi) is 7.84. The first-order valence-corrected chi connectivity index (χ1v) is 10.7. The highest BCUT2D eigenvalue weighted by molar-refractivity contribution is 5.77. The Morgan fingerprint density at radius 3 is 2.52 bits per heavy atom. The van der Waals surface area contributed by atoms with Crippen LogP contribution in [0.25, 0.3) is 0 Å². The molecule has 0 aliphatic carbocycles. The topological polar surface area (TPSA) is 32.8 Å². The average Bonchev–Trinajstić information content (AvgIpc) is 2.72. The molecule has 2 aromatic carbocycles. The van der Waals surface area contributed by atoms with Crippen molar-refractivity contribution in [1.29, 1.82) is 0 Å². The Morgan fingerprint density at radius 1 is 1.10 bits per heavy atom. The Bertz CT molecular complexity index is 785. The molecule has 0 saturated carbocycles. The summed E-state index contributed by atoms with van der Waals surface area (Å²) in [5.74, 6) is 0.231. The van der Waals surface area contributed by atoms with Crippen LogP contribution in [0.1, 0.15) is 35.6 Å². The van der Waals surface area contributed by atoms with Crippen LogP contribution >= 0.6 is 0 Å². The molecule has 2 aromatic rings. The van der Waals surface area contributed by atoms with Gasteiger partial charge in [0, 0.05) is 38.6 Å². The Hall–Kier alpha value is -2.17. The molecule has 0 radical (unpaired) electrons. The predicted octanol–water partition coefficient (Wildman–Crippen LogP) is 3.99. The minimum absolute atomic E-state index is 0.167. The van der Waals surface area contributed by atoms with Crippen molar-refractivity contribution < 1.29 is 9.53 Å². The Balaban J connectivity index is 1.67. The molecule has 1 amide bonds. The summed E-state index contributed by atoms with van der Waals surface area (Å²) in [4.78, 5) is 17.7. The number of morpholine rings is 1. The smallest absolute Gasteiger partial charge is 0.223 e. The fraction of sp³-hybridized carbons (Fsp3) is 0.480. The highest BCUT2D eigenvalue weighted by Gasteiger charge is 2.23. The fourth-order valence-corrected chi connectivity index (χ4v) is 4.04. The zero-order valence-electron chi connectivity index (χ0n) is 18.1. The molecule has 29 heavy (non-hydrogen) atoms. The Morgan fingerprint density at radius 2 is 1.83 bits per heavy atom. The van der Waals surface area contributed by atoms with Gasteiger partial charge in [-0.3, -0.25) is 9.69 Å². The van der Waals surface area contributed by atoms with Gasteiger partial charge < -0.3 is 9.64 Å². The first-order chi connectivity index (χ1) is 14.0. The molecule has 0 N–H and O–H groups in total. The van der Waals surface area contributed by atoms with Gasteiger partial charge in [0.25, 0.3) is 0 Å². The lowest BCUT2D eigenvalue weighted by Crippen LogP contribution is -2.48. The van der Waals surface area contributed by atoms with Crippen molar-refractivity contribution in [1.82, 2.24) is 9.80 Å². The summed E-state index contributed by atoms with van der Waals surface area (Å²) in [5.41, 5.74) is 4.99. The van der Waals surface area contributed by atoms with E-state index >= 15 is 0 Å². The number of rotatable bonds is 8. The number of carbonyl (C=O) groups excluding carboxylic acids is 1. The highest BCUT2D eigenvalue weighted by atomic mass is 16.5. The van der Waals surface area contributed by atoms with Crippen molar-refractivity contribution in [2.75, 3.05) is 32.8 Å². The fourth-order valence-electron chi connectivity index (χ4n) is 4.04. The van der Waals surface area contributed by atoms with Crippen LogP contribution in [-0.4, -0.2) is 54.6 Å². The number of benzene rings is 2. The van der Waals surface area contributed by atoms with E-state index in [1.807, 2.05) is 18.2 Å². The normalized spacial score (nSPS) is 15.8. The third-order valence-electron chi connectivity index (χ3n) is 5.78. The van der Waals surface area contributed by atoms with Crippen molar-refractivity contribution in [2.24, 2.45) is 0 Å². The van der Waals surface area contributed by atoms with Gasteiger partial charge in [-0.15, -0.1) is 0 Å². The van der Waals surface area contributed by atoms with Gasteiger partial charge in [-0.25, -0.2) is 0 Å². The molecule has 4 nitrogen and oxygen atoms in total. The van der Waals surface area contributed by atoms with E-state index in [0.717, 1.165) is 39.3 Å². The molecule has 1 saturated heterocycles. The number of aryl methyl sites for hydroxylation is 3. The molecule has 0 bridgehead atoms. The summed E-state index contributed by atoms with van der Waals surface area (Å²) < 4.78 is 5.47. The van der Waals surface area contributed by atoms with Crippen molar-refractivity contribution in [2.45, 2.75) is 46.2 Å². The van der Waals surface area contributed by atoms with E-state index in [1.165, 1.54) is 22.3 Å². The second kappa shape index (κ2) is 10.6. The maximum atomic E-state index is 13.3. The molecular weight excluding hydrogens is 360 g/mol. The number of hydrogen-bond donors (Lipinski definition) is 0. The zero-order chi connectivity index (χ0) is 20.6. The second-order valence-electron chi connectivity index (χ2n) is 8.20. The minimum atomic E-state index is 0.167. The molecule has 1 aliphatic heterocycles. The minimum Gasteiger partial charge on any atom is -0.379 e. The second-order valence-corrected chi connectivity index (χ2v) is 8.20. The van der Waals surface area contributed by atoms with Gasteiger partial charge in [0.15, 0.2) is 0 Å². The summed E-state index contributed by atoms with van der Waals surface area (Å²) in [7, 11) is 0. The lowest BCUT2D eigenvalue weighted by molar-refractivity contribution is -0.134. The molecule has 1 fully saturated rings. The van der Waals surface area contributed by atoms with E-state index in [1.54, 1.807) is 0 Å². The summed E-state index contributed by atoms with van der Waals surface area (Å²) in [5, 5.41) is 0. The van der Waals surface area contributed by atoms with Gasteiger partial charge in [0.1, 0.15) is 0 Å². The van der Waals surface area contributed by atoms with E-state index in [4.69, 9.17) is 4.74 Å². The third-order valence-corrected chi connectivity index (χ3v) is 5.78. The number of carbonyl (C=O) groups is 1. The third kappa shape index (κ3) is 6.41. The molecular formula is C25H34N2O2. The largest absolute Gasteiger partial charge is 0.379 e. The van der Waals surface area contributed by atoms with Gasteiger partial charge in [-0.1, -0.05) is 54.1 Å². The molecule has 1 heterocycles. The van der Waals surface area contributed by atoms with E-state index in [-0.39, 0.29) is 11.9 Å². The monoisotopic (exact) mass is 394 g/mol. The average molecular weight is 395 g/mol. The van der Waals surface area contributed by atoms with Crippen LogP contribution in [0.3, 0.4) is 0 Å². The quantitative estimate of drug-likeness (QED) is 0.679. The first-order valence-electron chi connectivity index (χ1n) is 10.7. The zero-order valence-corrected chi connectivity index (χ0v) is 18.1. The predicted molar refractivity (Wildman–Crippen MR) is 118 cm³/mol. The molecule has 3 rings (SSSR count). The number of ether oxygens (including phenoxy) is 1. The maximum absolute atomic E-state index is 13.3. The molecule has 1 unspecified atom stereocenters. The summed E-state index contributed by atoms with van der Waals surface area (Å²) in [6.45, 7) is 11.4. The lowest BCUT2D eigenvalue weighted by Gasteiger charge is -2.35. The van der Waals surface area contributed by atoms with E-state index in [0.29, 0.717) is 13.0 Å². The van der Waals surface area contributed by atoms with Crippen LogP contribution in [-0.2, 0) is 22.5 Å². The molecule has 0 spiro atoms. The van der Waals surface area contributed by atoms with E-state index in [9.17, 15) is 4.79 Å². The molecule has 1 aliphatic rings. The molecule has 0 aromatic heterocycles. The van der Waals surface area contributed by atoms with Crippen molar-refractivity contribution in [3.63, 3.8) is 0 Å². The SMILES string of the molecule is Cc1ccc(CCC(=O)N(Cc2ccccc2)C(C)CN2CCOCC2)c(C)c1. The van der Waals surface area contributed by atoms with Crippen LogP contribution in [0.5, 0.6) is 0 Å². The summed E-state index contributed by atoms with van der Waals surface area (Å²) >= 11 is 0. The van der Waals surface area contributed by atoms with Crippen molar-refractivity contribution >= 4 is 5.91 Å². The Labute approximate surface area is 175 Å². The maximum Gasteiger partial charge on any atom is 0.223 e. The van der Waals surface area contributed by atoms with Gasteiger partial charge in [-0.2, -0.15) is 0 Å². The standard InChI is InChI=1S/C25H34N2O2/c1-20-9-10-24(21(2)17-20)11-12-25(28)27(19-23-7-5-4-6-8-23)22(3)18-26-13-15-29-16-14-26/h4-10,17,22H,11-16,18-19H2,1-3H3. The van der Waals surface area contributed by atoms with Crippen molar-refractivity contribution in [3.05, 3.63) is 70.8 Å².